The second-order valence-corrected chi connectivity index (χ2v) is 18.8. The molecule has 6 heteroatoms. The molecule has 6 nitrogen and oxygen atoms in total. The largest absolute Gasteiger partial charge is 0.462 e. The molecule has 0 saturated carbocycles. The minimum atomic E-state index is -0.761. The first-order valence-corrected chi connectivity index (χ1v) is 25.7. The van der Waals surface area contributed by atoms with Gasteiger partial charge in [0.05, 0.1) is 0 Å². The highest BCUT2D eigenvalue weighted by atomic mass is 16.6. The molecule has 0 aromatic rings. The lowest BCUT2D eigenvalue weighted by Gasteiger charge is -2.18. The molecule has 0 amide bonds. The average molecular weight is 821 g/mol. The standard InChI is InChI=1S/C52H100O6/c1-6-7-8-9-10-11-12-20-23-26-32-37-42-50(53)56-45-49(46-57-51(54)43-38-33-29-28-31-36-41-48(4)5)58-52(55)44-39-34-27-24-21-18-16-14-13-15-17-19-22-25-30-35-40-47(2)3/h47-49H,6-46H2,1-5H3/t49-/m0/s1. The van der Waals surface area contributed by atoms with Crippen LogP contribution < -0.4 is 0 Å². The van der Waals surface area contributed by atoms with E-state index in [0.29, 0.717) is 19.3 Å². The molecule has 0 bridgehead atoms. The van der Waals surface area contributed by atoms with Gasteiger partial charge in [-0.1, -0.05) is 247 Å². The Kier molecular flexibility index (Phi) is 43.7. The molecule has 0 rings (SSSR count). The third-order valence-electron chi connectivity index (χ3n) is 11.7. The van der Waals surface area contributed by atoms with Crippen LogP contribution in [0.15, 0.2) is 0 Å². The Labute approximate surface area is 361 Å². The molecule has 0 aromatic heterocycles. The van der Waals surface area contributed by atoms with Crippen LogP contribution in [-0.2, 0) is 28.6 Å². The van der Waals surface area contributed by atoms with Gasteiger partial charge in [-0.25, -0.2) is 0 Å². The van der Waals surface area contributed by atoms with Crippen LogP contribution in [0.4, 0.5) is 0 Å². The molecule has 0 heterocycles. The number of hydrogen-bond acceptors (Lipinski definition) is 6. The Morgan fingerprint density at radius 1 is 0.328 bits per heavy atom. The number of rotatable bonds is 46. The summed E-state index contributed by atoms with van der Waals surface area (Å²) in [5.41, 5.74) is 0. The summed E-state index contributed by atoms with van der Waals surface area (Å²) in [6.45, 7) is 11.3. The fraction of sp³-hybridized carbons (Fsp3) is 0.942. The van der Waals surface area contributed by atoms with Crippen molar-refractivity contribution < 1.29 is 28.6 Å². The van der Waals surface area contributed by atoms with E-state index in [1.807, 2.05) is 0 Å². The molecule has 1 atom stereocenters. The first-order chi connectivity index (χ1) is 28.2. The topological polar surface area (TPSA) is 78.9 Å². The molecule has 344 valence electrons. The summed E-state index contributed by atoms with van der Waals surface area (Å²) < 4.78 is 16.8. The Bertz CT molecular complexity index is 885. The molecule has 0 radical (unpaired) electrons. The van der Waals surface area contributed by atoms with E-state index in [-0.39, 0.29) is 31.1 Å². The predicted octanol–water partition coefficient (Wildman–Crippen LogP) is 16.5. The first kappa shape index (κ1) is 56.4. The van der Waals surface area contributed by atoms with Gasteiger partial charge in [0.25, 0.3) is 0 Å². The molecule has 0 aliphatic rings. The van der Waals surface area contributed by atoms with Crippen LogP contribution in [0, 0.1) is 11.8 Å². The van der Waals surface area contributed by atoms with E-state index < -0.39 is 6.10 Å². The minimum absolute atomic E-state index is 0.0644. The van der Waals surface area contributed by atoms with Gasteiger partial charge in [0.2, 0.25) is 0 Å². The van der Waals surface area contributed by atoms with Gasteiger partial charge >= 0.3 is 17.9 Å². The first-order valence-electron chi connectivity index (χ1n) is 25.7. The third-order valence-corrected chi connectivity index (χ3v) is 11.7. The van der Waals surface area contributed by atoms with E-state index in [1.54, 1.807) is 0 Å². The monoisotopic (exact) mass is 821 g/mol. The van der Waals surface area contributed by atoms with Crippen molar-refractivity contribution in [2.75, 3.05) is 13.2 Å². The molecule has 58 heavy (non-hydrogen) atoms. The van der Waals surface area contributed by atoms with Crippen molar-refractivity contribution in [3.63, 3.8) is 0 Å². The van der Waals surface area contributed by atoms with Crippen molar-refractivity contribution in [1.29, 1.82) is 0 Å². The lowest BCUT2D eigenvalue weighted by atomic mass is 10.0. The Hall–Kier alpha value is -1.59. The summed E-state index contributed by atoms with van der Waals surface area (Å²) in [5, 5.41) is 0. The molecule has 0 unspecified atom stereocenters. The van der Waals surface area contributed by atoms with Gasteiger partial charge in [-0.05, 0) is 31.1 Å². The van der Waals surface area contributed by atoms with Crippen LogP contribution in [0.2, 0.25) is 0 Å². The number of esters is 3. The molecule has 0 fully saturated rings. The normalized spacial score (nSPS) is 12.1. The van der Waals surface area contributed by atoms with Crippen LogP contribution in [0.25, 0.3) is 0 Å². The van der Waals surface area contributed by atoms with Crippen LogP contribution >= 0.6 is 0 Å². The van der Waals surface area contributed by atoms with E-state index in [1.165, 1.54) is 173 Å². The van der Waals surface area contributed by atoms with Crippen LogP contribution in [-0.4, -0.2) is 37.2 Å². The van der Waals surface area contributed by atoms with E-state index >= 15 is 0 Å². The number of carbonyl (C=O) groups excluding carboxylic acids is 3. The SMILES string of the molecule is CCCCCCCCCCCCCCC(=O)OC[C@@H](COC(=O)CCCCCCCCC(C)C)OC(=O)CCCCCCCCCCCCCCCCCCC(C)C. The van der Waals surface area contributed by atoms with Crippen molar-refractivity contribution in [2.45, 2.75) is 291 Å². The van der Waals surface area contributed by atoms with E-state index in [4.69, 9.17) is 14.2 Å². The maximum absolute atomic E-state index is 12.8. The maximum atomic E-state index is 12.8. The van der Waals surface area contributed by atoms with Gasteiger partial charge in [-0.15, -0.1) is 0 Å². The summed E-state index contributed by atoms with van der Waals surface area (Å²) in [4.78, 5) is 37.8. The summed E-state index contributed by atoms with van der Waals surface area (Å²) in [6, 6.07) is 0. The minimum Gasteiger partial charge on any atom is -0.462 e. The number of unbranched alkanes of at least 4 members (excludes halogenated alkanes) is 31. The van der Waals surface area contributed by atoms with Gasteiger partial charge in [0.15, 0.2) is 6.10 Å². The van der Waals surface area contributed by atoms with E-state index in [9.17, 15) is 14.4 Å². The molecular weight excluding hydrogens is 721 g/mol. The zero-order chi connectivity index (χ0) is 42.6. The molecule has 0 spiro atoms. The van der Waals surface area contributed by atoms with Crippen molar-refractivity contribution in [2.24, 2.45) is 11.8 Å². The fourth-order valence-electron chi connectivity index (χ4n) is 7.81. The molecule has 0 aliphatic heterocycles. The second-order valence-electron chi connectivity index (χ2n) is 18.8. The Morgan fingerprint density at radius 2 is 0.569 bits per heavy atom. The average Bonchev–Trinajstić information content (AvgIpc) is 3.19. The van der Waals surface area contributed by atoms with Gasteiger partial charge in [-0.3, -0.25) is 14.4 Å². The van der Waals surface area contributed by atoms with Crippen molar-refractivity contribution >= 4 is 17.9 Å². The molecule has 0 aliphatic carbocycles. The lowest BCUT2D eigenvalue weighted by Crippen LogP contribution is -2.30. The highest BCUT2D eigenvalue weighted by molar-refractivity contribution is 5.71. The highest BCUT2D eigenvalue weighted by Gasteiger charge is 2.19. The Balaban J connectivity index is 4.24. The zero-order valence-corrected chi connectivity index (χ0v) is 39.7. The van der Waals surface area contributed by atoms with Gasteiger partial charge in [0, 0.05) is 19.3 Å². The number of carbonyl (C=O) groups is 3. The van der Waals surface area contributed by atoms with Crippen LogP contribution in [0.1, 0.15) is 285 Å². The van der Waals surface area contributed by atoms with E-state index in [0.717, 1.165) is 69.6 Å². The Morgan fingerprint density at radius 3 is 0.845 bits per heavy atom. The van der Waals surface area contributed by atoms with Crippen LogP contribution in [0.5, 0.6) is 0 Å². The molecule has 0 saturated heterocycles. The maximum Gasteiger partial charge on any atom is 0.306 e. The second kappa shape index (κ2) is 44.9. The molecule has 0 N–H and O–H groups in total. The van der Waals surface area contributed by atoms with Crippen LogP contribution in [0.3, 0.4) is 0 Å². The lowest BCUT2D eigenvalue weighted by molar-refractivity contribution is -0.167. The van der Waals surface area contributed by atoms with Gasteiger partial charge < -0.3 is 14.2 Å². The number of ether oxygens (including phenoxy) is 3. The predicted molar refractivity (Wildman–Crippen MR) is 247 cm³/mol. The van der Waals surface area contributed by atoms with Crippen molar-refractivity contribution in [3.8, 4) is 0 Å². The highest BCUT2D eigenvalue weighted by Crippen LogP contribution is 2.17. The molecular formula is C52H100O6. The summed E-state index contributed by atoms with van der Waals surface area (Å²) in [5.74, 6) is 0.762. The summed E-state index contributed by atoms with van der Waals surface area (Å²) >= 11 is 0. The van der Waals surface area contributed by atoms with Crippen molar-refractivity contribution in [1.82, 2.24) is 0 Å². The van der Waals surface area contributed by atoms with Gasteiger partial charge in [-0.2, -0.15) is 0 Å². The van der Waals surface area contributed by atoms with E-state index in [2.05, 4.69) is 34.6 Å². The smallest absolute Gasteiger partial charge is 0.306 e. The third kappa shape index (κ3) is 45.5. The zero-order valence-electron chi connectivity index (χ0n) is 39.7. The molecule has 0 aromatic carbocycles. The summed E-state index contributed by atoms with van der Waals surface area (Å²) in [6.07, 6.45) is 45.3. The fourth-order valence-corrected chi connectivity index (χ4v) is 7.81. The van der Waals surface area contributed by atoms with Gasteiger partial charge in [0.1, 0.15) is 13.2 Å². The number of hydrogen-bond donors (Lipinski definition) is 0. The summed E-state index contributed by atoms with van der Waals surface area (Å²) in [7, 11) is 0. The van der Waals surface area contributed by atoms with Crippen molar-refractivity contribution in [3.05, 3.63) is 0 Å². The quantitative estimate of drug-likeness (QED) is 0.0346.